The maximum Gasteiger partial charge on any atom is 0.255 e. The van der Waals surface area contributed by atoms with E-state index >= 15 is 0 Å². The van der Waals surface area contributed by atoms with Crippen molar-refractivity contribution in [2.24, 2.45) is 0 Å². The predicted octanol–water partition coefficient (Wildman–Crippen LogP) is 1.31. The van der Waals surface area contributed by atoms with Crippen LogP contribution in [-0.2, 0) is 22.7 Å². The monoisotopic (exact) mass is 467 g/mol. The van der Waals surface area contributed by atoms with Crippen LogP contribution in [0.4, 0.5) is 10.1 Å². The molecule has 1 aromatic heterocycles. The number of carbonyl (C=O) groups excluding carboxylic acids is 3. The molecule has 2 saturated heterocycles. The summed E-state index contributed by atoms with van der Waals surface area (Å²) in [7, 11) is 1.61. The number of anilines is 1. The molecular weight excluding hydrogens is 441 g/mol. The third-order valence-electron chi connectivity index (χ3n) is 6.72. The van der Waals surface area contributed by atoms with Crippen LogP contribution in [0.3, 0.4) is 0 Å². The van der Waals surface area contributed by atoms with Crippen LogP contribution in [0.1, 0.15) is 34.3 Å². The Morgan fingerprint density at radius 2 is 1.91 bits per heavy atom. The number of aromatic nitrogens is 1. The summed E-state index contributed by atoms with van der Waals surface area (Å²) in [6.45, 7) is 3.87. The van der Waals surface area contributed by atoms with Crippen molar-refractivity contribution in [3.8, 4) is 5.75 Å². The van der Waals surface area contributed by atoms with Gasteiger partial charge < -0.3 is 14.5 Å². The van der Waals surface area contributed by atoms with Gasteiger partial charge in [-0.2, -0.15) is 0 Å². The Morgan fingerprint density at radius 1 is 1.12 bits per heavy atom. The second-order valence-electron chi connectivity index (χ2n) is 8.85. The molecule has 10 heteroatoms. The van der Waals surface area contributed by atoms with Gasteiger partial charge in [0.05, 0.1) is 13.3 Å². The van der Waals surface area contributed by atoms with Gasteiger partial charge in [-0.3, -0.25) is 29.6 Å². The molecule has 1 N–H and O–H groups in total. The van der Waals surface area contributed by atoms with E-state index in [2.05, 4.69) is 20.1 Å². The summed E-state index contributed by atoms with van der Waals surface area (Å²) in [6.07, 6.45) is 3.96. The first-order valence-corrected chi connectivity index (χ1v) is 11.3. The number of carbonyl (C=O) groups is 3. The average molecular weight is 468 g/mol. The van der Waals surface area contributed by atoms with Crippen molar-refractivity contribution in [2.75, 3.05) is 38.2 Å². The van der Waals surface area contributed by atoms with Gasteiger partial charge >= 0.3 is 0 Å². The Morgan fingerprint density at radius 3 is 2.65 bits per heavy atom. The van der Waals surface area contributed by atoms with Crippen LogP contribution >= 0.6 is 0 Å². The van der Waals surface area contributed by atoms with Gasteiger partial charge in [-0.05, 0) is 30.2 Å². The number of hydrogen-bond acceptors (Lipinski definition) is 7. The first-order chi connectivity index (χ1) is 16.4. The molecule has 4 heterocycles. The molecule has 3 aliphatic heterocycles. The van der Waals surface area contributed by atoms with Gasteiger partial charge in [0.15, 0.2) is 0 Å². The number of amides is 3. The number of imide groups is 1. The minimum Gasteiger partial charge on any atom is -0.495 e. The lowest BCUT2D eigenvalue weighted by Crippen LogP contribution is -2.52. The van der Waals surface area contributed by atoms with Gasteiger partial charge in [0, 0.05) is 68.7 Å². The van der Waals surface area contributed by atoms with E-state index in [1.165, 1.54) is 17.0 Å². The summed E-state index contributed by atoms with van der Waals surface area (Å²) in [5.74, 6) is -0.928. The zero-order valence-corrected chi connectivity index (χ0v) is 18.9. The van der Waals surface area contributed by atoms with E-state index < -0.39 is 17.8 Å². The number of pyridine rings is 1. The normalized spacial score (nSPS) is 21.0. The van der Waals surface area contributed by atoms with E-state index in [9.17, 15) is 18.8 Å². The zero-order chi connectivity index (χ0) is 23.8. The number of methoxy groups -OCH3 is 1. The number of halogens is 1. The van der Waals surface area contributed by atoms with Crippen LogP contribution in [0.5, 0.6) is 5.75 Å². The highest BCUT2D eigenvalue weighted by Crippen LogP contribution is 2.35. The van der Waals surface area contributed by atoms with Crippen LogP contribution in [0.2, 0.25) is 0 Å². The Kier molecular flexibility index (Phi) is 5.91. The van der Waals surface area contributed by atoms with Gasteiger partial charge in [-0.1, -0.05) is 0 Å². The second-order valence-corrected chi connectivity index (χ2v) is 8.85. The molecule has 0 spiro atoms. The minimum absolute atomic E-state index is 0.183. The first-order valence-electron chi connectivity index (χ1n) is 11.3. The highest BCUT2D eigenvalue weighted by Gasteiger charge is 2.41. The smallest absolute Gasteiger partial charge is 0.255 e. The van der Waals surface area contributed by atoms with E-state index in [1.54, 1.807) is 13.3 Å². The minimum atomic E-state index is -0.721. The highest BCUT2D eigenvalue weighted by atomic mass is 19.1. The Bertz CT molecular complexity index is 1150. The number of hydrogen-bond donors (Lipinski definition) is 1. The molecule has 0 saturated carbocycles. The molecule has 9 nitrogen and oxygen atoms in total. The first kappa shape index (κ1) is 22.3. The molecule has 0 bridgehead atoms. The number of nitrogens with zero attached hydrogens (tertiary/aromatic N) is 4. The molecule has 3 aliphatic rings. The summed E-state index contributed by atoms with van der Waals surface area (Å²) in [4.78, 5) is 47.0. The number of piperidine rings is 1. The lowest BCUT2D eigenvalue weighted by molar-refractivity contribution is -0.136. The quantitative estimate of drug-likeness (QED) is 0.663. The standard InChI is InChI=1S/C24H26FN5O4/c1-34-17-8-15(11-26-12-17)13-28-4-6-29(7-5-28)21-10-16(25)9-18-19(21)14-30(24(18)33)20-2-3-22(31)27-23(20)32/h8-12,20H,2-7,13-14H2,1H3,(H,27,31,32). The molecule has 1 atom stereocenters. The van der Waals surface area contributed by atoms with E-state index in [1.807, 2.05) is 12.3 Å². The Labute approximate surface area is 196 Å². The van der Waals surface area contributed by atoms with Crippen molar-refractivity contribution in [1.82, 2.24) is 20.1 Å². The maximum absolute atomic E-state index is 14.5. The van der Waals surface area contributed by atoms with Crippen molar-refractivity contribution in [2.45, 2.75) is 32.0 Å². The average Bonchev–Trinajstić information content (AvgIpc) is 3.15. The highest BCUT2D eigenvalue weighted by molar-refractivity contribution is 6.06. The Balaban J connectivity index is 1.30. The largest absolute Gasteiger partial charge is 0.495 e. The number of nitrogens with one attached hydrogen (secondary N) is 1. The summed E-state index contributed by atoms with van der Waals surface area (Å²) in [5, 5.41) is 2.30. The van der Waals surface area contributed by atoms with E-state index in [0.29, 0.717) is 24.3 Å². The predicted molar refractivity (Wildman–Crippen MR) is 121 cm³/mol. The number of rotatable bonds is 5. The van der Waals surface area contributed by atoms with Crippen molar-refractivity contribution in [3.63, 3.8) is 0 Å². The number of fused-ring (bicyclic) bond motifs is 1. The SMILES string of the molecule is COc1cncc(CN2CCN(c3cc(F)cc4c3CN(C3CCC(=O)NC3=O)C4=O)CC2)c1. The number of ether oxygens (including phenoxy) is 1. The number of piperazine rings is 1. The fraction of sp³-hybridized carbons (Fsp3) is 0.417. The van der Waals surface area contributed by atoms with Gasteiger partial charge in [-0.25, -0.2) is 4.39 Å². The molecule has 178 valence electrons. The van der Waals surface area contributed by atoms with Crippen LogP contribution in [0.15, 0.2) is 30.6 Å². The van der Waals surface area contributed by atoms with Crippen molar-refractivity contribution >= 4 is 23.4 Å². The van der Waals surface area contributed by atoms with Crippen LogP contribution in [0.25, 0.3) is 0 Å². The lowest BCUT2D eigenvalue weighted by atomic mass is 10.0. The molecule has 34 heavy (non-hydrogen) atoms. The summed E-state index contributed by atoms with van der Waals surface area (Å²) in [5.41, 5.74) is 2.79. The molecule has 0 radical (unpaired) electrons. The summed E-state index contributed by atoms with van der Waals surface area (Å²) >= 11 is 0. The fourth-order valence-corrected chi connectivity index (χ4v) is 4.96. The van der Waals surface area contributed by atoms with Crippen molar-refractivity contribution in [3.05, 3.63) is 53.1 Å². The Hall–Kier alpha value is -3.53. The van der Waals surface area contributed by atoms with Gasteiger partial charge in [0.1, 0.15) is 17.6 Å². The zero-order valence-electron chi connectivity index (χ0n) is 18.9. The third kappa shape index (κ3) is 4.21. The van der Waals surface area contributed by atoms with E-state index in [0.717, 1.165) is 36.5 Å². The summed E-state index contributed by atoms with van der Waals surface area (Å²) in [6, 6.07) is 3.97. The maximum atomic E-state index is 14.5. The topological polar surface area (TPSA) is 95.1 Å². The van der Waals surface area contributed by atoms with Crippen LogP contribution in [-0.4, -0.2) is 71.8 Å². The molecule has 1 aromatic carbocycles. The van der Waals surface area contributed by atoms with Crippen molar-refractivity contribution in [1.29, 1.82) is 0 Å². The van der Waals surface area contributed by atoms with Gasteiger partial charge in [0.25, 0.3) is 5.91 Å². The van der Waals surface area contributed by atoms with Crippen LogP contribution < -0.4 is 15.0 Å². The van der Waals surface area contributed by atoms with E-state index in [4.69, 9.17) is 4.74 Å². The lowest BCUT2D eigenvalue weighted by Gasteiger charge is -2.37. The molecule has 0 aliphatic carbocycles. The molecule has 2 aromatic rings. The molecule has 3 amide bonds. The molecule has 5 rings (SSSR count). The third-order valence-corrected chi connectivity index (χ3v) is 6.72. The molecular formula is C24H26FN5O4. The molecule has 2 fully saturated rings. The van der Waals surface area contributed by atoms with E-state index in [-0.39, 0.29) is 31.2 Å². The molecule has 1 unspecified atom stereocenters. The van der Waals surface area contributed by atoms with Gasteiger partial charge in [-0.15, -0.1) is 0 Å². The van der Waals surface area contributed by atoms with Crippen LogP contribution in [0, 0.1) is 5.82 Å². The fourth-order valence-electron chi connectivity index (χ4n) is 4.96. The summed E-state index contributed by atoms with van der Waals surface area (Å²) < 4.78 is 19.8. The second kappa shape index (κ2) is 9.02. The number of benzene rings is 1. The van der Waals surface area contributed by atoms with Gasteiger partial charge in [0.2, 0.25) is 11.8 Å². The van der Waals surface area contributed by atoms with Crippen molar-refractivity contribution < 1.29 is 23.5 Å².